The number of nitrogens with one attached hydrogen (secondary N) is 2. The molecule has 9 nitrogen and oxygen atoms in total. The van der Waals surface area contributed by atoms with E-state index in [2.05, 4.69) is 15.7 Å². The fourth-order valence-electron chi connectivity index (χ4n) is 5.20. The molecule has 0 bridgehead atoms. The van der Waals surface area contributed by atoms with Crippen LogP contribution in [-0.2, 0) is 33.0 Å². The van der Waals surface area contributed by atoms with Crippen LogP contribution in [0.4, 0.5) is 19.0 Å². The van der Waals surface area contributed by atoms with Gasteiger partial charge in [-0.3, -0.25) is 9.59 Å². The molecule has 1 aliphatic carbocycles. The van der Waals surface area contributed by atoms with Crippen molar-refractivity contribution in [3.8, 4) is 11.4 Å². The number of carbonyl (C=O) groups is 2. The summed E-state index contributed by atoms with van der Waals surface area (Å²) in [6.45, 7) is 0.472. The van der Waals surface area contributed by atoms with Crippen molar-refractivity contribution in [2.45, 2.75) is 37.9 Å². The number of anilines is 1. The molecule has 2 aromatic carbocycles. The highest BCUT2D eigenvalue weighted by atomic mass is 32.2. The number of carbonyl (C=O) groups excluding carboxylic acids is 2. The van der Waals surface area contributed by atoms with Gasteiger partial charge in [0.05, 0.1) is 16.9 Å². The zero-order valence-corrected chi connectivity index (χ0v) is 21.9. The van der Waals surface area contributed by atoms with Crippen molar-refractivity contribution < 1.29 is 35.9 Å². The van der Waals surface area contributed by atoms with E-state index in [0.717, 1.165) is 22.9 Å². The normalized spacial score (nSPS) is 18.4. The second-order valence-corrected chi connectivity index (χ2v) is 12.1. The monoisotopic (exact) mass is 562 g/mol. The molecule has 3 aromatic rings. The number of alkyl halides is 3. The number of hydrogen-bond donors (Lipinski definition) is 2. The Balaban J connectivity index is 1.53. The summed E-state index contributed by atoms with van der Waals surface area (Å²) in [6, 6.07) is 11.9. The van der Waals surface area contributed by atoms with Crippen LogP contribution in [0.15, 0.2) is 42.5 Å². The number of rotatable bonds is 6. The van der Waals surface area contributed by atoms with Crippen LogP contribution in [0.3, 0.4) is 0 Å². The van der Waals surface area contributed by atoms with Crippen LogP contribution in [0.2, 0.25) is 0 Å². The molecule has 0 radical (unpaired) electrons. The number of sulfone groups is 1. The maximum atomic E-state index is 13.6. The molecule has 0 unspecified atom stereocenters. The molecule has 39 heavy (non-hydrogen) atoms. The molecular weight excluding hydrogens is 537 g/mol. The largest absolute Gasteiger partial charge is 0.484 e. The Hall–Kier alpha value is -3.87. The summed E-state index contributed by atoms with van der Waals surface area (Å²) >= 11 is 0. The molecule has 0 fully saturated rings. The number of fused-ring (bicyclic) bond motifs is 3. The minimum Gasteiger partial charge on any atom is -0.484 e. The van der Waals surface area contributed by atoms with Crippen LogP contribution in [0.5, 0.6) is 5.75 Å². The van der Waals surface area contributed by atoms with Crippen molar-refractivity contribution in [1.82, 2.24) is 15.1 Å². The number of aryl methyl sites for hydroxylation is 2. The fraction of sp³-hybridized carbons (Fsp3) is 0.346. The summed E-state index contributed by atoms with van der Waals surface area (Å²) in [7, 11) is -3.63. The SMILES string of the molecule is Cc1cccc(-n2nc3c(c2NC(=O)CS(C)(=O)=O)C(=O)N[C@]2(CCc4cc(OCC(F)(F)F)ccc42)C3)c1. The quantitative estimate of drug-likeness (QED) is 0.476. The van der Waals surface area contributed by atoms with Crippen LogP contribution in [0.1, 0.15) is 39.2 Å². The second-order valence-electron chi connectivity index (χ2n) is 9.98. The third-order valence-corrected chi connectivity index (χ3v) is 7.51. The molecular formula is C26H25F3N4O5S. The second kappa shape index (κ2) is 9.40. The number of hydrogen-bond acceptors (Lipinski definition) is 6. The van der Waals surface area contributed by atoms with Gasteiger partial charge in [0.25, 0.3) is 5.91 Å². The van der Waals surface area contributed by atoms with Crippen LogP contribution < -0.4 is 15.4 Å². The fourth-order valence-corrected chi connectivity index (χ4v) is 5.75. The van der Waals surface area contributed by atoms with E-state index >= 15 is 0 Å². The molecule has 2 heterocycles. The van der Waals surface area contributed by atoms with Crippen molar-refractivity contribution in [2.24, 2.45) is 0 Å². The number of amides is 2. The minimum absolute atomic E-state index is 0.0609. The maximum Gasteiger partial charge on any atom is 0.422 e. The highest BCUT2D eigenvalue weighted by molar-refractivity contribution is 7.91. The zero-order valence-electron chi connectivity index (χ0n) is 21.1. The predicted octanol–water partition coefficient (Wildman–Crippen LogP) is 3.23. The molecule has 5 rings (SSSR count). The number of ether oxygens (including phenoxy) is 1. The van der Waals surface area contributed by atoms with Crippen LogP contribution in [0.25, 0.3) is 5.69 Å². The first kappa shape index (κ1) is 26.7. The van der Waals surface area contributed by atoms with Gasteiger partial charge in [-0.1, -0.05) is 18.2 Å². The molecule has 1 atom stereocenters. The maximum absolute atomic E-state index is 13.6. The molecule has 0 saturated carbocycles. The van der Waals surface area contributed by atoms with Gasteiger partial charge >= 0.3 is 6.18 Å². The lowest BCUT2D eigenvalue weighted by atomic mass is 9.82. The van der Waals surface area contributed by atoms with E-state index in [1.165, 1.54) is 10.7 Å². The number of halogens is 3. The van der Waals surface area contributed by atoms with E-state index in [0.29, 0.717) is 24.2 Å². The van der Waals surface area contributed by atoms with Gasteiger partial charge in [-0.25, -0.2) is 13.1 Å². The average Bonchev–Trinajstić information content (AvgIpc) is 3.34. The number of aromatic nitrogens is 2. The Bertz CT molecular complexity index is 1600. The molecule has 13 heteroatoms. The standard InChI is InChI=1S/C26H25F3N4O5S/c1-15-4-3-5-17(10-15)33-23(30-21(34)13-39(2,36)37)22-20(32-33)12-25(31-24(22)35)9-8-16-11-18(6-7-19(16)25)38-14-26(27,28)29/h3-7,10-11H,8-9,12-14H2,1-2H3,(H,30,34)(H,31,35)/t25-/m1/s1. The Labute approximate surface area is 222 Å². The Morgan fingerprint density at radius 1 is 1.23 bits per heavy atom. The van der Waals surface area contributed by atoms with Gasteiger partial charge in [0.1, 0.15) is 22.9 Å². The summed E-state index contributed by atoms with van der Waals surface area (Å²) in [5, 5.41) is 10.3. The van der Waals surface area contributed by atoms with Gasteiger partial charge in [-0.15, -0.1) is 0 Å². The molecule has 1 spiro atoms. The number of nitrogens with zero attached hydrogens (tertiary/aromatic N) is 2. The predicted molar refractivity (Wildman–Crippen MR) is 136 cm³/mol. The van der Waals surface area contributed by atoms with Gasteiger partial charge in [-0.05, 0) is 60.7 Å². The van der Waals surface area contributed by atoms with E-state index in [1.807, 2.05) is 19.1 Å². The first-order chi connectivity index (χ1) is 18.2. The van der Waals surface area contributed by atoms with E-state index in [9.17, 15) is 31.2 Å². The molecule has 2 amide bonds. The van der Waals surface area contributed by atoms with Crippen molar-refractivity contribution in [3.63, 3.8) is 0 Å². The summed E-state index contributed by atoms with van der Waals surface area (Å²) in [6.07, 6.45) is -2.27. The first-order valence-corrected chi connectivity index (χ1v) is 14.1. The topological polar surface area (TPSA) is 119 Å². The zero-order chi connectivity index (χ0) is 28.2. The first-order valence-electron chi connectivity index (χ1n) is 12.0. The molecule has 1 aromatic heterocycles. The highest BCUT2D eigenvalue weighted by Crippen LogP contribution is 2.44. The summed E-state index contributed by atoms with van der Waals surface area (Å²) in [5.41, 5.74) is 2.68. The highest BCUT2D eigenvalue weighted by Gasteiger charge is 2.47. The van der Waals surface area contributed by atoms with Gasteiger partial charge in [0.2, 0.25) is 5.91 Å². The third kappa shape index (κ3) is 5.49. The minimum atomic E-state index is -4.46. The lowest BCUT2D eigenvalue weighted by Gasteiger charge is -2.35. The lowest BCUT2D eigenvalue weighted by Crippen LogP contribution is -2.49. The van der Waals surface area contributed by atoms with Gasteiger partial charge in [0, 0.05) is 12.7 Å². The van der Waals surface area contributed by atoms with Crippen LogP contribution >= 0.6 is 0 Å². The third-order valence-electron chi connectivity index (χ3n) is 6.72. The van der Waals surface area contributed by atoms with E-state index in [-0.39, 0.29) is 23.6 Å². The van der Waals surface area contributed by atoms with E-state index in [1.54, 1.807) is 24.3 Å². The molecule has 1 aliphatic heterocycles. The summed E-state index contributed by atoms with van der Waals surface area (Å²) in [5.74, 6) is -1.93. The van der Waals surface area contributed by atoms with Crippen molar-refractivity contribution in [3.05, 3.63) is 70.4 Å². The van der Waals surface area contributed by atoms with Gasteiger partial charge in [-0.2, -0.15) is 18.3 Å². The van der Waals surface area contributed by atoms with Crippen molar-refractivity contribution in [2.75, 3.05) is 23.9 Å². The van der Waals surface area contributed by atoms with Crippen LogP contribution in [0, 0.1) is 6.92 Å². The molecule has 0 saturated heterocycles. The van der Waals surface area contributed by atoms with E-state index in [4.69, 9.17) is 4.74 Å². The smallest absolute Gasteiger partial charge is 0.422 e. The Morgan fingerprint density at radius 2 is 2.00 bits per heavy atom. The van der Waals surface area contributed by atoms with E-state index < -0.39 is 45.7 Å². The lowest BCUT2D eigenvalue weighted by molar-refractivity contribution is -0.153. The number of benzene rings is 2. The molecule has 2 aliphatic rings. The van der Waals surface area contributed by atoms with Crippen LogP contribution in [-0.4, -0.2) is 54.8 Å². The van der Waals surface area contributed by atoms with Crippen molar-refractivity contribution >= 4 is 27.5 Å². The van der Waals surface area contributed by atoms with Gasteiger partial charge < -0.3 is 15.4 Å². The summed E-state index contributed by atoms with van der Waals surface area (Å²) < 4.78 is 67.5. The molecule has 206 valence electrons. The summed E-state index contributed by atoms with van der Waals surface area (Å²) in [4.78, 5) is 26.1. The van der Waals surface area contributed by atoms with Gasteiger partial charge in [0.15, 0.2) is 16.4 Å². The average molecular weight is 563 g/mol. The Morgan fingerprint density at radius 3 is 2.69 bits per heavy atom. The molecule has 2 N–H and O–H groups in total. The van der Waals surface area contributed by atoms with Crippen molar-refractivity contribution in [1.29, 1.82) is 0 Å². The Kier molecular flexibility index (Phi) is 6.44.